The molecule has 0 saturated heterocycles. The average Bonchev–Trinajstić information content (AvgIpc) is 2.83. The highest BCUT2D eigenvalue weighted by atomic mass is 79.9. The lowest BCUT2D eigenvalue weighted by Crippen LogP contribution is -2.23. The summed E-state index contributed by atoms with van der Waals surface area (Å²) in [6.07, 6.45) is 3.52. The summed E-state index contributed by atoms with van der Waals surface area (Å²) in [5.74, 6) is 0. The van der Waals surface area contributed by atoms with Crippen LogP contribution in [-0.4, -0.2) is 13.4 Å². The molecule has 0 aliphatic rings. The Balaban J connectivity index is 2.17. The fourth-order valence-electron chi connectivity index (χ4n) is 1.51. The van der Waals surface area contributed by atoms with E-state index in [1.807, 2.05) is 13.0 Å². The molecule has 18 heavy (non-hydrogen) atoms. The predicted molar refractivity (Wildman–Crippen MR) is 73.7 cm³/mol. The molecule has 1 aromatic carbocycles. The second-order valence-electron chi connectivity index (χ2n) is 3.95. The zero-order valence-electron chi connectivity index (χ0n) is 9.77. The Morgan fingerprint density at radius 3 is 2.72 bits per heavy atom. The van der Waals surface area contributed by atoms with Crippen LogP contribution in [0.2, 0.25) is 0 Å². The zero-order chi connectivity index (χ0) is 13.2. The third-order valence-corrected chi connectivity index (χ3v) is 4.86. The zero-order valence-corrected chi connectivity index (χ0v) is 12.2. The van der Waals surface area contributed by atoms with Gasteiger partial charge in [-0.3, -0.25) is 0 Å². The topological polar surface area (TPSA) is 62.0 Å². The molecule has 0 aliphatic heterocycles. The van der Waals surface area contributed by atoms with Crippen molar-refractivity contribution in [2.75, 3.05) is 0 Å². The van der Waals surface area contributed by atoms with Gasteiger partial charge in [0.1, 0.15) is 0 Å². The van der Waals surface area contributed by atoms with Crippen molar-refractivity contribution in [2.24, 2.45) is 0 Å². The van der Waals surface area contributed by atoms with Crippen molar-refractivity contribution in [2.45, 2.75) is 18.4 Å². The first kappa shape index (κ1) is 13.3. The highest BCUT2D eigenvalue weighted by molar-refractivity contribution is 9.10. The molecule has 0 bridgehead atoms. The van der Waals surface area contributed by atoms with Crippen LogP contribution in [0.4, 0.5) is 0 Å². The molecular formula is C12H13BrN2O2S. The third-order valence-electron chi connectivity index (χ3n) is 2.57. The van der Waals surface area contributed by atoms with E-state index in [4.69, 9.17) is 0 Å². The average molecular weight is 329 g/mol. The number of nitrogens with one attached hydrogen (secondary N) is 2. The first-order valence-corrected chi connectivity index (χ1v) is 7.64. The third kappa shape index (κ3) is 3.01. The Kier molecular flexibility index (Phi) is 3.89. The van der Waals surface area contributed by atoms with Crippen LogP contribution in [0.5, 0.6) is 0 Å². The van der Waals surface area contributed by atoms with Gasteiger partial charge in [0.2, 0.25) is 10.0 Å². The lowest BCUT2D eigenvalue weighted by Gasteiger charge is -2.07. The molecule has 2 aromatic rings. The summed E-state index contributed by atoms with van der Waals surface area (Å²) in [4.78, 5) is 3.16. The van der Waals surface area contributed by atoms with E-state index in [2.05, 4.69) is 25.6 Å². The van der Waals surface area contributed by atoms with Gasteiger partial charge in [0.15, 0.2) is 0 Å². The number of aryl methyl sites for hydroxylation is 1. The molecule has 2 rings (SSSR count). The Morgan fingerprint density at radius 1 is 1.33 bits per heavy atom. The van der Waals surface area contributed by atoms with E-state index in [1.54, 1.807) is 30.6 Å². The van der Waals surface area contributed by atoms with E-state index in [-0.39, 0.29) is 11.4 Å². The number of H-pyrrole nitrogens is 1. The second kappa shape index (κ2) is 5.26. The summed E-state index contributed by atoms with van der Waals surface area (Å²) in [6, 6.07) is 6.79. The van der Waals surface area contributed by atoms with Crippen molar-refractivity contribution in [3.8, 4) is 0 Å². The molecule has 0 unspecified atom stereocenters. The first-order valence-electron chi connectivity index (χ1n) is 5.36. The smallest absolute Gasteiger partial charge is 0.240 e. The predicted octanol–water partition coefficient (Wildman–Crippen LogP) is 2.56. The summed E-state index contributed by atoms with van der Waals surface area (Å²) in [5.41, 5.74) is 1.78. The van der Waals surface area contributed by atoms with Gasteiger partial charge >= 0.3 is 0 Å². The number of hydrogen-bond donors (Lipinski definition) is 2. The lowest BCUT2D eigenvalue weighted by molar-refractivity contribution is 0.581. The maximum Gasteiger partial charge on any atom is 0.240 e. The minimum Gasteiger partial charge on any atom is -0.367 e. The summed E-state index contributed by atoms with van der Waals surface area (Å²) in [6.45, 7) is 2.14. The molecule has 96 valence electrons. The minimum absolute atomic E-state index is 0.277. The fraction of sp³-hybridized carbons (Fsp3) is 0.167. The molecule has 2 N–H and O–H groups in total. The van der Waals surface area contributed by atoms with Crippen LogP contribution < -0.4 is 4.72 Å². The quantitative estimate of drug-likeness (QED) is 0.906. The summed E-state index contributed by atoms with van der Waals surface area (Å²) in [5, 5.41) is 0. The van der Waals surface area contributed by atoms with E-state index in [0.717, 1.165) is 15.6 Å². The van der Waals surface area contributed by atoms with Crippen LogP contribution >= 0.6 is 15.9 Å². The van der Waals surface area contributed by atoms with Gasteiger partial charge in [0.25, 0.3) is 0 Å². The molecule has 4 nitrogen and oxygen atoms in total. The number of rotatable bonds is 4. The monoisotopic (exact) mass is 328 g/mol. The number of hydrogen-bond acceptors (Lipinski definition) is 2. The maximum absolute atomic E-state index is 12.1. The molecule has 0 spiro atoms. The maximum atomic E-state index is 12.1. The van der Waals surface area contributed by atoms with Crippen LogP contribution in [0, 0.1) is 6.92 Å². The standard InChI is InChI=1S/C12H13BrN2O2S/c1-9-6-11(2-3-12(9)13)18(16,17)15-8-10-4-5-14-7-10/h2-7,14-15H,8H2,1H3. The number of aromatic nitrogens is 1. The Bertz CT molecular complexity index is 636. The molecule has 6 heteroatoms. The van der Waals surface area contributed by atoms with Crippen LogP contribution in [-0.2, 0) is 16.6 Å². The van der Waals surface area contributed by atoms with Crippen LogP contribution in [0.25, 0.3) is 0 Å². The molecule has 0 radical (unpaired) electrons. The molecular weight excluding hydrogens is 316 g/mol. The summed E-state index contributed by atoms with van der Waals surface area (Å²) in [7, 11) is -3.46. The second-order valence-corrected chi connectivity index (χ2v) is 6.58. The Morgan fingerprint density at radius 2 is 2.11 bits per heavy atom. The molecule has 0 atom stereocenters. The Hall–Kier alpha value is -1.11. The van der Waals surface area contributed by atoms with Gasteiger partial charge < -0.3 is 4.98 Å². The van der Waals surface area contributed by atoms with Crippen LogP contribution in [0.3, 0.4) is 0 Å². The SMILES string of the molecule is Cc1cc(S(=O)(=O)NCc2cc[nH]c2)ccc1Br. The van der Waals surface area contributed by atoms with Gasteiger partial charge in [-0.05, 0) is 42.3 Å². The van der Waals surface area contributed by atoms with E-state index in [0.29, 0.717) is 0 Å². The van der Waals surface area contributed by atoms with Gasteiger partial charge in [-0.1, -0.05) is 15.9 Å². The van der Waals surface area contributed by atoms with Crippen molar-refractivity contribution in [1.82, 2.24) is 9.71 Å². The highest BCUT2D eigenvalue weighted by Gasteiger charge is 2.14. The molecule has 0 saturated carbocycles. The van der Waals surface area contributed by atoms with Gasteiger partial charge in [-0.15, -0.1) is 0 Å². The summed E-state index contributed by atoms with van der Waals surface area (Å²) >= 11 is 3.35. The lowest BCUT2D eigenvalue weighted by atomic mass is 10.2. The molecule has 0 amide bonds. The van der Waals surface area contributed by atoms with Crippen LogP contribution in [0.15, 0.2) is 46.0 Å². The van der Waals surface area contributed by atoms with Crippen molar-refractivity contribution < 1.29 is 8.42 Å². The van der Waals surface area contributed by atoms with Crippen molar-refractivity contribution in [3.63, 3.8) is 0 Å². The number of sulfonamides is 1. The fourth-order valence-corrected chi connectivity index (χ4v) is 2.86. The normalized spacial score (nSPS) is 11.7. The minimum atomic E-state index is -3.46. The van der Waals surface area contributed by atoms with Crippen molar-refractivity contribution in [1.29, 1.82) is 0 Å². The van der Waals surface area contributed by atoms with Gasteiger partial charge in [-0.25, -0.2) is 13.1 Å². The molecule has 0 fully saturated rings. The summed E-state index contributed by atoms with van der Waals surface area (Å²) < 4.78 is 27.6. The van der Waals surface area contributed by atoms with Gasteiger partial charge in [0.05, 0.1) is 4.90 Å². The van der Waals surface area contributed by atoms with E-state index in [1.165, 1.54) is 0 Å². The molecule has 1 aromatic heterocycles. The number of halogens is 1. The first-order chi connectivity index (χ1) is 8.49. The van der Waals surface area contributed by atoms with Gasteiger partial charge in [0, 0.05) is 23.4 Å². The molecule has 1 heterocycles. The van der Waals surface area contributed by atoms with Crippen LogP contribution in [0.1, 0.15) is 11.1 Å². The van der Waals surface area contributed by atoms with E-state index in [9.17, 15) is 8.42 Å². The van der Waals surface area contributed by atoms with E-state index < -0.39 is 10.0 Å². The van der Waals surface area contributed by atoms with E-state index >= 15 is 0 Å². The number of aromatic amines is 1. The van der Waals surface area contributed by atoms with Crippen molar-refractivity contribution in [3.05, 3.63) is 52.3 Å². The largest absolute Gasteiger partial charge is 0.367 e. The number of benzene rings is 1. The Labute approximate surface area is 115 Å². The van der Waals surface area contributed by atoms with Crippen molar-refractivity contribution >= 4 is 26.0 Å². The highest BCUT2D eigenvalue weighted by Crippen LogP contribution is 2.20. The molecule has 0 aliphatic carbocycles. The van der Waals surface area contributed by atoms with Gasteiger partial charge in [-0.2, -0.15) is 0 Å².